The van der Waals surface area contributed by atoms with Crippen LogP contribution in [0.2, 0.25) is 0 Å². The topological polar surface area (TPSA) is 92.2 Å². The van der Waals surface area contributed by atoms with Gasteiger partial charge in [0.05, 0.1) is 0 Å². The van der Waals surface area contributed by atoms with Crippen LogP contribution in [-0.2, 0) is 21.7 Å². The van der Waals surface area contributed by atoms with Crippen LogP contribution in [-0.4, -0.2) is 26.4 Å². The van der Waals surface area contributed by atoms with Gasteiger partial charge in [-0.05, 0) is 0 Å². The molecule has 4 nitrogen and oxygen atoms in total. The average Bonchev–Trinajstić information content (AvgIpc) is 2.23. The minimum atomic E-state index is 0. The number of hydrogen-bond acceptors (Lipinski definition) is 4. The molecule has 0 saturated heterocycles. The Morgan fingerprint density at radius 2 is 0.765 bits per heavy atom. The zero-order chi connectivity index (χ0) is 13.7. The molecule has 0 aromatic carbocycles. The fraction of sp³-hybridized carbons (Fsp3) is 1.00. The molecule has 0 N–H and O–H groups in total. The van der Waals surface area contributed by atoms with Crippen LogP contribution in [0.5, 0.6) is 0 Å². The Labute approximate surface area is 122 Å². The summed E-state index contributed by atoms with van der Waals surface area (Å²) in [4.78, 5) is 0. The van der Waals surface area contributed by atoms with Crippen LogP contribution in [0.3, 0.4) is 0 Å². The zero-order valence-corrected chi connectivity index (χ0v) is 13.4. The van der Waals surface area contributed by atoms with E-state index >= 15 is 0 Å². The van der Waals surface area contributed by atoms with Crippen molar-refractivity contribution >= 4 is 0 Å². The largest absolute Gasteiger partial charge is 4.00 e. The van der Waals surface area contributed by atoms with Crippen molar-refractivity contribution < 1.29 is 42.1 Å². The molecule has 0 spiro atoms. The summed E-state index contributed by atoms with van der Waals surface area (Å²) in [7, 11) is 0. The SMILES string of the molecule is CCCC[O-].CCCC[O-].CC[O-].CC[O-].[Ti+4]. The van der Waals surface area contributed by atoms with Crippen molar-refractivity contribution in [3.63, 3.8) is 0 Å². The molecule has 0 heterocycles. The molecule has 0 radical (unpaired) electrons. The minimum absolute atomic E-state index is 0. The fourth-order valence-corrected chi connectivity index (χ4v) is 0.289. The van der Waals surface area contributed by atoms with Gasteiger partial charge in [0, 0.05) is 0 Å². The second-order valence-corrected chi connectivity index (χ2v) is 2.69. The first-order valence-electron chi connectivity index (χ1n) is 5.98. The third kappa shape index (κ3) is 169. The third-order valence-electron chi connectivity index (χ3n) is 0.996. The summed E-state index contributed by atoms with van der Waals surface area (Å²) in [5.41, 5.74) is 0. The zero-order valence-electron chi connectivity index (χ0n) is 11.8. The first kappa shape index (κ1) is 30.5. The van der Waals surface area contributed by atoms with Crippen molar-refractivity contribution in [3.8, 4) is 0 Å². The molecule has 0 aliphatic heterocycles. The number of rotatable bonds is 4. The van der Waals surface area contributed by atoms with E-state index in [-0.39, 0.29) is 48.1 Å². The van der Waals surface area contributed by atoms with Gasteiger partial charge in [-0.25, -0.2) is 0 Å². The quantitative estimate of drug-likeness (QED) is 0.620. The van der Waals surface area contributed by atoms with Gasteiger partial charge >= 0.3 is 21.7 Å². The van der Waals surface area contributed by atoms with Crippen LogP contribution in [0.4, 0.5) is 0 Å². The predicted octanol–water partition coefficient (Wildman–Crippen LogP) is -0.976. The van der Waals surface area contributed by atoms with Crippen molar-refractivity contribution in [1.29, 1.82) is 0 Å². The Bertz CT molecular complexity index is 54.5. The molecule has 0 rings (SSSR count). The maximum absolute atomic E-state index is 9.53. The summed E-state index contributed by atoms with van der Waals surface area (Å²) in [6.45, 7) is 7.35. The third-order valence-corrected chi connectivity index (χ3v) is 0.996. The van der Waals surface area contributed by atoms with Crippen molar-refractivity contribution in [3.05, 3.63) is 0 Å². The van der Waals surface area contributed by atoms with Crippen LogP contribution in [0, 0.1) is 0 Å². The van der Waals surface area contributed by atoms with E-state index in [1.165, 1.54) is 0 Å². The fourth-order valence-electron chi connectivity index (χ4n) is 0.289. The summed E-state index contributed by atoms with van der Waals surface area (Å²) in [6.07, 6.45) is 3.73. The van der Waals surface area contributed by atoms with Gasteiger partial charge in [0.2, 0.25) is 0 Å². The van der Waals surface area contributed by atoms with Crippen molar-refractivity contribution in [2.75, 3.05) is 26.4 Å². The monoisotopic (exact) mass is 284 g/mol. The van der Waals surface area contributed by atoms with Crippen LogP contribution in [0.1, 0.15) is 53.4 Å². The Morgan fingerprint density at radius 1 is 0.588 bits per heavy atom. The van der Waals surface area contributed by atoms with Gasteiger partial charge in [-0.1, -0.05) is 53.4 Å². The second-order valence-electron chi connectivity index (χ2n) is 2.69. The molecule has 0 unspecified atom stereocenters. The molecule has 0 fully saturated rings. The summed E-state index contributed by atoms with van der Waals surface area (Å²) < 4.78 is 0. The first-order valence-corrected chi connectivity index (χ1v) is 5.98. The van der Waals surface area contributed by atoms with Crippen LogP contribution in [0.25, 0.3) is 0 Å². The van der Waals surface area contributed by atoms with E-state index in [2.05, 4.69) is 0 Å². The molecular weight excluding hydrogens is 256 g/mol. The van der Waals surface area contributed by atoms with Gasteiger partial charge < -0.3 is 20.4 Å². The number of unbranched alkanes of at least 4 members (excludes halogenated alkanes) is 2. The Kier molecular flexibility index (Phi) is 98.3. The summed E-state index contributed by atoms with van der Waals surface area (Å²) in [5, 5.41) is 36.9. The average molecular weight is 284 g/mol. The standard InChI is InChI=1S/2C4H9O.2C2H5O.Ti/c2*1-2-3-4-5;2*1-2-3;/h2*2-4H2,1H3;2*2H2,1H3;/q4*-1;+4. The van der Waals surface area contributed by atoms with Gasteiger partial charge in [0.1, 0.15) is 0 Å². The first-order chi connectivity index (χ1) is 7.66. The molecule has 0 atom stereocenters. The maximum atomic E-state index is 9.53. The van der Waals surface area contributed by atoms with Gasteiger partial charge in [0.25, 0.3) is 0 Å². The molecule has 0 saturated carbocycles. The molecule has 0 aromatic rings. The van der Waals surface area contributed by atoms with Crippen molar-refractivity contribution in [2.45, 2.75) is 53.4 Å². The Balaban J connectivity index is -0.0000000381. The van der Waals surface area contributed by atoms with E-state index in [1.807, 2.05) is 13.8 Å². The van der Waals surface area contributed by atoms with Crippen molar-refractivity contribution in [2.24, 2.45) is 0 Å². The van der Waals surface area contributed by atoms with E-state index in [9.17, 15) is 10.2 Å². The Hall–Kier alpha value is 0.554. The van der Waals surface area contributed by atoms with Crippen LogP contribution in [0.15, 0.2) is 0 Å². The molecule has 0 aliphatic carbocycles. The molecule has 0 aromatic heterocycles. The maximum Gasteiger partial charge on any atom is 4.00 e. The molecule has 17 heavy (non-hydrogen) atoms. The smallest absolute Gasteiger partial charge is 0.855 e. The number of hydrogen-bond donors (Lipinski definition) is 0. The van der Waals surface area contributed by atoms with Gasteiger partial charge in [-0.15, -0.1) is 26.4 Å². The minimum Gasteiger partial charge on any atom is -0.855 e. The molecule has 0 amide bonds. The van der Waals surface area contributed by atoms with E-state index < -0.39 is 0 Å². The van der Waals surface area contributed by atoms with Gasteiger partial charge in [0.15, 0.2) is 0 Å². The van der Waals surface area contributed by atoms with E-state index in [0.29, 0.717) is 0 Å². The predicted molar refractivity (Wildman–Crippen MR) is 60.6 cm³/mol. The second kappa shape index (κ2) is 54.7. The molecular formula is C12H28O4Ti. The van der Waals surface area contributed by atoms with E-state index in [0.717, 1.165) is 25.7 Å². The van der Waals surface area contributed by atoms with Gasteiger partial charge in [-0.2, -0.15) is 0 Å². The molecule has 0 aliphatic rings. The summed E-state index contributed by atoms with van der Waals surface area (Å²) in [6, 6.07) is 0. The van der Waals surface area contributed by atoms with Gasteiger partial charge in [-0.3, -0.25) is 0 Å². The summed E-state index contributed by atoms with van der Waals surface area (Å²) >= 11 is 0. The van der Waals surface area contributed by atoms with E-state index in [1.54, 1.807) is 13.8 Å². The summed E-state index contributed by atoms with van der Waals surface area (Å²) in [5.74, 6) is 0. The van der Waals surface area contributed by atoms with Crippen LogP contribution < -0.4 is 20.4 Å². The molecule has 5 heteroatoms. The van der Waals surface area contributed by atoms with E-state index in [4.69, 9.17) is 10.2 Å². The van der Waals surface area contributed by atoms with Crippen LogP contribution >= 0.6 is 0 Å². The van der Waals surface area contributed by atoms with Crippen molar-refractivity contribution in [1.82, 2.24) is 0 Å². The molecule has 104 valence electrons. The normalized spacial score (nSPS) is 7.06. The Morgan fingerprint density at radius 3 is 0.765 bits per heavy atom. The molecule has 0 bridgehead atoms.